The summed E-state index contributed by atoms with van der Waals surface area (Å²) >= 11 is 0. The monoisotopic (exact) mass is 603 g/mol. The van der Waals surface area contributed by atoms with Crippen LogP contribution in [-0.4, -0.2) is 69.0 Å². The van der Waals surface area contributed by atoms with Crippen molar-refractivity contribution in [2.45, 2.75) is 62.4 Å². The maximum absolute atomic E-state index is 14.1. The van der Waals surface area contributed by atoms with Gasteiger partial charge >= 0.3 is 0 Å². The third kappa shape index (κ3) is 5.58. The number of anilines is 1. The number of ether oxygens (including phenoxy) is 1. The number of hydrogen-bond acceptors (Lipinski definition) is 12. The normalized spacial score (nSPS) is 18.6. The van der Waals surface area contributed by atoms with Crippen LogP contribution in [0.1, 0.15) is 62.4 Å². The van der Waals surface area contributed by atoms with E-state index in [9.17, 15) is 13.2 Å². The van der Waals surface area contributed by atoms with Gasteiger partial charge in [0, 0.05) is 24.7 Å². The number of nitrogens with zero attached hydrogens (tertiary/aromatic N) is 8. The molecular formula is C29H33N9O4S. The van der Waals surface area contributed by atoms with Crippen LogP contribution in [-0.2, 0) is 16.4 Å². The summed E-state index contributed by atoms with van der Waals surface area (Å²) in [6, 6.07) is 2.99. The standard InChI is InChI=1S/C29H33N9O4S/c1-4-43(40,41)20-11-10-19(31-14-20)13-32-26-29(39)38(22-7-5-6-18(22)12-30-2)27-21(36-26)15-33-25(37-27)23-24(17-8-9-17)34-16-35-28(23)42-3/h10-11,14-18,22H,2,4-9,12-13H2,1,3H3,(H,32,36)/t18-,22+/m1/s1. The molecule has 2 fully saturated rings. The molecule has 0 amide bonds. The minimum atomic E-state index is -3.36. The molecule has 2 aliphatic rings. The Morgan fingerprint density at radius 1 is 1.09 bits per heavy atom. The van der Waals surface area contributed by atoms with Crippen LogP contribution in [0.4, 0.5) is 5.82 Å². The van der Waals surface area contributed by atoms with Gasteiger partial charge in [-0.3, -0.25) is 14.3 Å². The highest BCUT2D eigenvalue weighted by molar-refractivity contribution is 7.91. The maximum Gasteiger partial charge on any atom is 0.295 e. The van der Waals surface area contributed by atoms with Crippen LogP contribution >= 0.6 is 0 Å². The van der Waals surface area contributed by atoms with E-state index in [1.54, 1.807) is 30.9 Å². The molecule has 4 heterocycles. The number of fused-ring (bicyclic) bond motifs is 1. The fraction of sp³-hybridized carbons (Fsp3) is 0.448. The summed E-state index contributed by atoms with van der Waals surface area (Å²) in [6.45, 7) is 5.98. The van der Waals surface area contributed by atoms with Crippen LogP contribution in [0.15, 0.2) is 45.5 Å². The summed E-state index contributed by atoms with van der Waals surface area (Å²) in [5.41, 5.74) is 2.58. The Balaban J connectivity index is 1.43. The molecule has 4 aromatic rings. The SMILES string of the molecule is C=NC[C@H]1CCC[C@@H]1n1c(=O)c(NCc2ccc(S(=O)(=O)CC)cn2)nc2cnc(-c3c(OC)ncnc3C3CC3)nc21. The van der Waals surface area contributed by atoms with E-state index in [2.05, 4.69) is 41.9 Å². The third-order valence-corrected chi connectivity index (χ3v) is 9.86. The Kier molecular flexibility index (Phi) is 7.86. The topological polar surface area (TPSA) is 167 Å². The molecule has 2 aliphatic carbocycles. The predicted molar refractivity (Wildman–Crippen MR) is 161 cm³/mol. The quantitative estimate of drug-likeness (QED) is 0.250. The van der Waals surface area contributed by atoms with Gasteiger partial charge in [-0.15, -0.1) is 0 Å². The van der Waals surface area contributed by atoms with Gasteiger partial charge in [0.2, 0.25) is 5.88 Å². The number of hydrogen-bond donors (Lipinski definition) is 1. The summed E-state index contributed by atoms with van der Waals surface area (Å²) in [4.78, 5) is 45.7. The van der Waals surface area contributed by atoms with Crippen molar-refractivity contribution in [3.8, 4) is 17.3 Å². The van der Waals surface area contributed by atoms with Gasteiger partial charge in [-0.1, -0.05) is 13.3 Å². The average molecular weight is 604 g/mol. The molecule has 1 N–H and O–H groups in total. The Bertz CT molecular complexity index is 1840. The molecule has 13 nitrogen and oxygen atoms in total. The van der Waals surface area contributed by atoms with Gasteiger partial charge in [-0.05, 0) is 50.5 Å². The minimum Gasteiger partial charge on any atom is -0.480 e. The molecule has 14 heteroatoms. The van der Waals surface area contributed by atoms with E-state index in [1.165, 1.54) is 18.6 Å². The first kappa shape index (κ1) is 28.8. The van der Waals surface area contributed by atoms with Gasteiger partial charge in [-0.2, -0.15) is 0 Å². The summed E-state index contributed by atoms with van der Waals surface area (Å²) in [6.07, 6.45) is 9.13. The van der Waals surface area contributed by atoms with Crippen molar-refractivity contribution in [3.63, 3.8) is 0 Å². The molecule has 0 aliphatic heterocycles. The lowest BCUT2D eigenvalue weighted by atomic mass is 10.0. The minimum absolute atomic E-state index is 0.00782. The highest BCUT2D eigenvalue weighted by atomic mass is 32.2. The molecule has 0 spiro atoms. The number of aromatic nitrogens is 7. The molecule has 2 atom stereocenters. The van der Waals surface area contributed by atoms with Gasteiger partial charge in [0.05, 0.1) is 41.9 Å². The second-order valence-corrected chi connectivity index (χ2v) is 13.1. The molecular weight excluding hydrogens is 570 g/mol. The van der Waals surface area contributed by atoms with Gasteiger partial charge in [0.25, 0.3) is 5.56 Å². The van der Waals surface area contributed by atoms with Crippen molar-refractivity contribution in [3.05, 3.63) is 52.6 Å². The largest absolute Gasteiger partial charge is 0.480 e. The molecule has 4 aromatic heterocycles. The Labute approximate surface area is 248 Å². The number of methoxy groups -OCH3 is 1. The van der Waals surface area contributed by atoms with Crippen molar-refractivity contribution in [1.82, 2.24) is 34.5 Å². The highest BCUT2D eigenvalue weighted by Gasteiger charge is 2.34. The van der Waals surface area contributed by atoms with Crippen LogP contribution in [0.25, 0.3) is 22.6 Å². The molecule has 6 rings (SSSR count). The fourth-order valence-electron chi connectivity index (χ4n) is 5.73. The van der Waals surface area contributed by atoms with Crippen molar-refractivity contribution < 1.29 is 13.2 Å². The lowest BCUT2D eigenvalue weighted by Gasteiger charge is -2.23. The van der Waals surface area contributed by atoms with E-state index in [-0.39, 0.29) is 40.5 Å². The second kappa shape index (κ2) is 11.7. The maximum atomic E-state index is 14.1. The van der Waals surface area contributed by atoms with Crippen molar-refractivity contribution >= 4 is 33.5 Å². The van der Waals surface area contributed by atoms with Crippen molar-refractivity contribution in [2.24, 2.45) is 10.9 Å². The van der Waals surface area contributed by atoms with E-state index in [4.69, 9.17) is 9.72 Å². The second-order valence-electron chi connectivity index (χ2n) is 10.9. The number of aliphatic imine (C=N–C) groups is 1. The van der Waals surface area contributed by atoms with Crippen LogP contribution in [0.2, 0.25) is 0 Å². The zero-order valence-electron chi connectivity index (χ0n) is 24.1. The molecule has 0 radical (unpaired) electrons. The molecule has 0 bridgehead atoms. The van der Waals surface area contributed by atoms with E-state index in [1.807, 2.05) is 0 Å². The Hall–Kier alpha value is -4.33. The van der Waals surface area contributed by atoms with Gasteiger partial charge in [0.1, 0.15) is 17.4 Å². The summed E-state index contributed by atoms with van der Waals surface area (Å²) in [5.74, 6) is 1.31. The first-order valence-corrected chi connectivity index (χ1v) is 16.0. The van der Waals surface area contributed by atoms with Crippen molar-refractivity contribution in [1.29, 1.82) is 0 Å². The summed E-state index contributed by atoms with van der Waals surface area (Å²) in [7, 11) is -1.81. The summed E-state index contributed by atoms with van der Waals surface area (Å²) < 4.78 is 31.6. The van der Waals surface area contributed by atoms with Crippen molar-refractivity contribution in [2.75, 3.05) is 24.7 Å². The molecule has 0 unspecified atom stereocenters. The number of sulfone groups is 1. The van der Waals surface area contributed by atoms with Crippen LogP contribution in [0, 0.1) is 5.92 Å². The smallest absolute Gasteiger partial charge is 0.295 e. The van der Waals surface area contributed by atoms with Gasteiger partial charge < -0.3 is 15.0 Å². The summed E-state index contributed by atoms with van der Waals surface area (Å²) in [5, 5.41) is 3.11. The Morgan fingerprint density at radius 3 is 2.63 bits per heavy atom. The van der Waals surface area contributed by atoms with E-state index in [0.717, 1.165) is 37.8 Å². The van der Waals surface area contributed by atoms with Crippen LogP contribution in [0.3, 0.4) is 0 Å². The first-order chi connectivity index (χ1) is 20.8. The number of pyridine rings is 1. The third-order valence-electron chi connectivity index (χ3n) is 8.14. The molecule has 0 saturated heterocycles. The highest BCUT2D eigenvalue weighted by Crippen LogP contribution is 2.45. The zero-order valence-corrected chi connectivity index (χ0v) is 24.9. The molecule has 224 valence electrons. The van der Waals surface area contributed by atoms with E-state index >= 15 is 0 Å². The zero-order chi connectivity index (χ0) is 30.1. The predicted octanol–water partition coefficient (Wildman–Crippen LogP) is 3.37. The van der Waals surface area contributed by atoms with Crippen LogP contribution < -0.4 is 15.6 Å². The van der Waals surface area contributed by atoms with Crippen LogP contribution in [0.5, 0.6) is 5.88 Å². The fourth-order valence-corrected chi connectivity index (χ4v) is 6.56. The van der Waals surface area contributed by atoms with E-state index in [0.29, 0.717) is 46.6 Å². The van der Waals surface area contributed by atoms with Gasteiger partial charge in [-0.25, -0.2) is 33.3 Å². The molecule has 43 heavy (non-hydrogen) atoms. The van der Waals surface area contributed by atoms with E-state index < -0.39 is 9.84 Å². The van der Waals surface area contributed by atoms with Gasteiger partial charge in [0.15, 0.2) is 27.1 Å². The number of nitrogens with one attached hydrogen (secondary N) is 1. The first-order valence-electron chi connectivity index (χ1n) is 14.4. The lowest BCUT2D eigenvalue weighted by Crippen LogP contribution is -2.32. The number of rotatable bonds is 11. The molecule has 0 aromatic carbocycles. The molecule has 2 saturated carbocycles. The lowest BCUT2D eigenvalue weighted by molar-refractivity contribution is 0.387. The Morgan fingerprint density at radius 2 is 1.93 bits per heavy atom. The average Bonchev–Trinajstić information content (AvgIpc) is 3.78.